The number of nitrogens with zero attached hydrogens (tertiary/aromatic N) is 2. The van der Waals surface area contributed by atoms with Crippen LogP contribution in [0.3, 0.4) is 0 Å². The quantitative estimate of drug-likeness (QED) is 0.344. The molecular weight excluding hydrogens is 368 g/mol. The number of rotatable bonds is 11. The van der Waals surface area contributed by atoms with Crippen LogP contribution in [0.25, 0.3) is 0 Å². The molecule has 0 spiro atoms. The summed E-state index contributed by atoms with van der Waals surface area (Å²) in [5.41, 5.74) is 0.647. The van der Waals surface area contributed by atoms with E-state index in [0.717, 1.165) is 12.0 Å². The minimum absolute atomic E-state index is 0.0577. The highest BCUT2D eigenvalue weighted by Crippen LogP contribution is 2.28. The van der Waals surface area contributed by atoms with Gasteiger partial charge >= 0.3 is 0 Å². The molecule has 154 valence electrons. The molecule has 0 fully saturated rings. The van der Waals surface area contributed by atoms with Gasteiger partial charge in [-0.2, -0.15) is 0 Å². The standard InChI is InChI=1S/C18H32N4O4S/c1-15-12-16(20-6-5-9-26-4)22-17(13-18(15,2)14-19-3)21-7-10-27(24,25)11-8-23/h12-14,21,23H,5-11H2,1-4H3,(H,20,22). The van der Waals surface area contributed by atoms with Crippen molar-refractivity contribution >= 4 is 21.9 Å². The van der Waals surface area contributed by atoms with Gasteiger partial charge in [0, 0.05) is 45.5 Å². The number of ether oxygens (including phenoxy) is 1. The van der Waals surface area contributed by atoms with Gasteiger partial charge in [0.1, 0.15) is 11.7 Å². The van der Waals surface area contributed by atoms with Crippen LogP contribution in [0.5, 0.6) is 0 Å². The Kier molecular flexibility index (Phi) is 9.68. The Morgan fingerprint density at radius 1 is 1.41 bits per heavy atom. The summed E-state index contributed by atoms with van der Waals surface area (Å²) < 4.78 is 28.6. The molecule has 1 unspecified atom stereocenters. The molecule has 0 aromatic heterocycles. The maximum Gasteiger partial charge on any atom is 0.154 e. The molecule has 1 heterocycles. The number of aliphatic imine (C=N–C) groups is 2. The lowest BCUT2D eigenvalue weighted by atomic mass is 9.84. The molecule has 0 saturated carbocycles. The van der Waals surface area contributed by atoms with Crippen LogP contribution in [-0.4, -0.2) is 77.5 Å². The Labute approximate surface area is 162 Å². The van der Waals surface area contributed by atoms with Crippen molar-refractivity contribution in [2.45, 2.75) is 20.3 Å². The second-order valence-corrected chi connectivity index (χ2v) is 8.90. The number of aliphatic hydroxyl groups is 1. The molecule has 3 N–H and O–H groups in total. The molecule has 0 saturated heterocycles. The second-order valence-electron chi connectivity index (χ2n) is 6.60. The Morgan fingerprint density at radius 3 is 2.78 bits per heavy atom. The number of aliphatic hydroxyl groups excluding tert-OH is 1. The maximum atomic E-state index is 11.8. The van der Waals surface area contributed by atoms with Crippen molar-refractivity contribution < 1.29 is 18.3 Å². The zero-order valence-corrected chi connectivity index (χ0v) is 17.5. The van der Waals surface area contributed by atoms with Crippen LogP contribution in [-0.2, 0) is 14.6 Å². The predicted octanol–water partition coefficient (Wildman–Crippen LogP) is 0.516. The molecule has 1 rings (SSSR count). The fourth-order valence-corrected chi connectivity index (χ4v) is 3.46. The van der Waals surface area contributed by atoms with E-state index in [1.807, 2.05) is 32.2 Å². The SMILES string of the molecule is CN=CC1(C)C=C(NCCS(=O)(=O)CCO)NC(=NCCCOC)C=C1C. The second kappa shape index (κ2) is 11.2. The third-order valence-electron chi connectivity index (χ3n) is 4.23. The van der Waals surface area contributed by atoms with Crippen molar-refractivity contribution in [1.82, 2.24) is 10.6 Å². The number of nitrogens with one attached hydrogen (secondary N) is 2. The largest absolute Gasteiger partial charge is 0.395 e. The fraction of sp³-hybridized carbons (Fsp3) is 0.667. The molecule has 0 radical (unpaired) electrons. The van der Waals surface area contributed by atoms with Crippen LogP contribution in [0.15, 0.2) is 33.5 Å². The highest BCUT2D eigenvalue weighted by molar-refractivity contribution is 7.91. The van der Waals surface area contributed by atoms with Gasteiger partial charge in [0.15, 0.2) is 9.84 Å². The first-order valence-electron chi connectivity index (χ1n) is 8.97. The van der Waals surface area contributed by atoms with Crippen molar-refractivity contribution in [3.63, 3.8) is 0 Å². The van der Waals surface area contributed by atoms with Crippen LogP contribution in [0, 0.1) is 5.41 Å². The monoisotopic (exact) mass is 400 g/mol. The highest BCUT2D eigenvalue weighted by Gasteiger charge is 2.26. The Balaban J connectivity index is 2.95. The van der Waals surface area contributed by atoms with Crippen LogP contribution in [0.1, 0.15) is 20.3 Å². The summed E-state index contributed by atoms with van der Waals surface area (Å²) in [7, 11) is 0.104. The lowest BCUT2D eigenvalue weighted by Crippen LogP contribution is -2.34. The van der Waals surface area contributed by atoms with E-state index in [1.165, 1.54) is 0 Å². The molecule has 8 nitrogen and oxygen atoms in total. The molecular formula is C18H32N4O4S. The van der Waals surface area contributed by atoms with Crippen molar-refractivity contribution in [1.29, 1.82) is 0 Å². The van der Waals surface area contributed by atoms with E-state index >= 15 is 0 Å². The van der Waals surface area contributed by atoms with Gasteiger partial charge in [-0.3, -0.25) is 9.98 Å². The number of hydrogen-bond donors (Lipinski definition) is 3. The van der Waals surface area contributed by atoms with Crippen LogP contribution in [0.4, 0.5) is 0 Å². The van der Waals surface area contributed by atoms with E-state index < -0.39 is 15.3 Å². The first-order chi connectivity index (χ1) is 12.8. The predicted molar refractivity (Wildman–Crippen MR) is 110 cm³/mol. The Morgan fingerprint density at radius 2 is 2.15 bits per heavy atom. The van der Waals surface area contributed by atoms with Crippen LogP contribution < -0.4 is 10.6 Å². The smallest absolute Gasteiger partial charge is 0.154 e. The summed E-state index contributed by atoms with van der Waals surface area (Å²) in [6, 6.07) is 0. The zero-order valence-electron chi connectivity index (χ0n) is 16.7. The number of allylic oxidation sites excluding steroid dienone is 2. The molecule has 9 heteroatoms. The van der Waals surface area contributed by atoms with E-state index in [4.69, 9.17) is 9.84 Å². The molecule has 27 heavy (non-hydrogen) atoms. The van der Waals surface area contributed by atoms with Gasteiger partial charge in [-0.25, -0.2) is 8.42 Å². The summed E-state index contributed by atoms with van der Waals surface area (Å²) >= 11 is 0. The highest BCUT2D eigenvalue weighted by atomic mass is 32.2. The van der Waals surface area contributed by atoms with E-state index in [1.54, 1.807) is 14.2 Å². The lowest BCUT2D eigenvalue weighted by Gasteiger charge is -2.22. The summed E-state index contributed by atoms with van der Waals surface area (Å²) in [6.07, 6.45) is 6.61. The van der Waals surface area contributed by atoms with Crippen LogP contribution >= 0.6 is 0 Å². The first kappa shape index (κ1) is 23.3. The molecule has 0 aromatic carbocycles. The summed E-state index contributed by atoms with van der Waals surface area (Å²) in [6.45, 7) is 5.18. The minimum Gasteiger partial charge on any atom is -0.395 e. The molecule has 1 aliphatic heterocycles. The Hall–Kier alpha value is -1.71. The summed E-state index contributed by atoms with van der Waals surface area (Å²) in [4.78, 5) is 8.73. The number of sulfone groups is 1. The van der Waals surface area contributed by atoms with Gasteiger partial charge in [-0.1, -0.05) is 5.57 Å². The third kappa shape index (κ3) is 8.23. The first-order valence-corrected chi connectivity index (χ1v) is 10.8. The molecule has 0 amide bonds. The number of methoxy groups -OCH3 is 1. The van der Waals surface area contributed by atoms with E-state index in [0.29, 0.717) is 24.8 Å². The Bertz CT molecular complexity index is 698. The van der Waals surface area contributed by atoms with E-state index in [-0.39, 0.29) is 24.7 Å². The molecule has 1 aliphatic rings. The van der Waals surface area contributed by atoms with Gasteiger partial charge in [0.2, 0.25) is 0 Å². The average molecular weight is 401 g/mol. The fourth-order valence-electron chi connectivity index (χ4n) is 2.56. The van der Waals surface area contributed by atoms with Crippen molar-refractivity contribution in [3.05, 3.63) is 23.5 Å². The summed E-state index contributed by atoms with van der Waals surface area (Å²) in [5.74, 6) is 1.09. The van der Waals surface area contributed by atoms with Gasteiger partial charge in [0.05, 0.1) is 18.1 Å². The van der Waals surface area contributed by atoms with Gasteiger partial charge in [-0.05, 0) is 32.4 Å². The maximum absolute atomic E-state index is 11.8. The van der Waals surface area contributed by atoms with Gasteiger partial charge in [0.25, 0.3) is 0 Å². The van der Waals surface area contributed by atoms with Gasteiger partial charge in [-0.15, -0.1) is 0 Å². The average Bonchev–Trinajstić information content (AvgIpc) is 2.69. The summed E-state index contributed by atoms with van der Waals surface area (Å²) in [5, 5.41) is 15.2. The third-order valence-corrected chi connectivity index (χ3v) is 5.86. The molecule has 0 aliphatic carbocycles. The zero-order chi connectivity index (χ0) is 20.3. The van der Waals surface area contributed by atoms with E-state index in [9.17, 15) is 8.42 Å². The van der Waals surface area contributed by atoms with Crippen molar-refractivity contribution in [3.8, 4) is 0 Å². The topological polar surface area (TPSA) is 112 Å². The molecule has 0 bridgehead atoms. The van der Waals surface area contributed by atoms with Gasteiger partial charge < -0.3 is 20.5 Å². The van der Waals surface area contributed by atoms with E-state index in [2.05, 4.69) is 20.6 Å². The van der Waals surface area contributed by atoms with Crippen LogP contribution in [0.2, 0.25) is 0 Å². The lowest BCUT2D eigenvalue weighted by molar-refractivity contribution is 0.197. The number of hydrogen-bond acceptors (Lipinski definition) is 7. The number of amidine groups is 1. The molecule has 0 aromatic rings. The normalized spacial score (nSPS) is 22.3. The van der Waals surface area contributed by atoms with Crippen molar-refractivity contribution in [2.75, 3.05) is 52.0 Å². The minimum atomic E-state index is -3.28. The van der Waals surface area contributed by atoms with Crippen molar-refractivity contribution in [2.24, 2.45) is 15.4 Å². The molecule has 1 atom stereocenters.